The second-order valence-corrected chi connectivity index (χ2v) is 2.50. The zero-order valence-corrected chi connectivity index (χ0v) is 6.85. The van der Waals surface area contributed by atoms with E-state index in [1.165, 1.54) is 0 Å². The summed E-state index contributed by atoms with van der Waals surface area (Å²) in [7, 11) is 1.66. The standard InChI is InChI=1S/C6H9BrN2/c1-5(7)3-6(8)4-9-2/h3-4H,1,8H2,2H3/b6-3+,9-4?. The zero-order chi connectivity index (χ0) is 7.28. The molecule has 0 aliphatic carbocycles. The van der Waals surface area contributed by atoms with Crippen molar-refractivity contribution < 1.29 is 0 Å². The highest BCUT2D eigenvalue weighted by molar-refractivity contribution is 9.11. The number of halogens is 1. The van der Waals surface area contributed by atoms with Crippen LogP contribution in [-0.2, 0) is 0 Å². The molecule has 0 aromatic rings. The highest BCUT2D eigenvalue weighted by Gasteiger charge is 1.81. The summed E-state index contributed by atoms with van der Waals surface area (Å²) in [5.41, 5.74) is 6.00. The van der Waals surface area contributed by atoms with Gasteiger partial charge in [0.1, 0.15) is 0 Å². The lowest BCUT2D eigenvalue weighted by Crippen LogP contribution is -1.97. The van der Waals surface area contributed by atoms with Gasteiger partial charge >= 0.3 is 0 Å². The first-order valence-electron chi connectivity index (χ1n) is 2.40. The molecule has 9 heavy (non-hydrogen) atoms. The van der Waals surface area contributed by atoms with Gasteiger partial charge in [-0.05, 0) is 6.08 Å². The molecule has 0 atom stereocenters. The molecule has 0 unspecified atom stereocenters. The van der Waals surface area contributed by atoms with Crippen molar-refractivity contribution in [2.75, 3.05) is 7.05 Å². The average Bonchev–Trinajstić information content (AvgIpc) is 1.63. The van der Waals surface area contributed by atoms with Gasteiger partial charge in [0.2, 0.25) is 0 Å². The maximum absolute atomic E-state index is 5.41. The number of hydrogen-bond acceptors (Lipinski definition) is 2. The molecule has 0 aliphatic heterocycles. The fourth-order valence-corrected chi connectivity index (χ4v) is 0.632. The van der Waals surface area contributed by atoms with Gasteiger partial charge in [-0.1, -0.05) is 22.5 Å². The van der Waals surface area contributed by atoms with Crippen LogP contribution in [0.3, 0.4) is 0 Å². The third-order valence-corrected chi connectivity index (χ3v) is 0.830. The van der Waals surface area contributed by atoms with Crippen LogP contribution in [0, 0.1) is 0 Å². The van der Waals surface area contributed by atoms with Crippen LogP contribution < -0.4 is 5.73 Å². The third kappa shape index (κ3) is 5.30. The fourth-order valence-electron chi connectivity index (χ4n) is 0.367. The fraction of sp³-hybridized carbons (Fsp3) is 0.167. The molecule has 0 spiro atoms. The maximum atomic E-state index is 5.41. The summed E-state index contributed by atoms with van der Waals surface area (Å²) in [5.74, 6) is 0. The van der Waals surface area contributed by atoms with Gasteiger partial charge in [0.25, 0.3) is 0 Å². The molecule has 0 bridgehead atoms. The van der Waals surface area contributed by atoms with E-state index in [1.54, 1.807) is 19.3 Å². The Kier molecular flexibility index (Phi) is 4.05. The zero-order valence-electron chi connectivity index (χ0n) is 5.26. The van der Waals surface area contributed by atoms with E-state index in [0.717, 1.165) is 4.48 Å². The van der Waals surface area contributed by atoms with Crippen molar-refractivity contribution in [3.05, 3.63) is 22.8 Å². The molecule has 50 valence electrons. The Labute approximate surface area is 63.3 Å². The van der Waals surface area contributed by atoms with E-state index in [1.807, 2.05) is 0 Å². The lowest BCUT2D eigenvalue weighted by molar-refractivity contribution is 1.42. The molecule has 0 aromatic carbocycles. The molecule has 0 amide bonds. The third-order valence-electron chi connectivity index (χ3n) is 0.601. The number of aliphatic imine (C=N–C) groups is 1. The van der Waals surface area contributed by atoms with E-state index in [0.29, 0.717) is 5.70 Å². The Hall–Kier alpha value is -0.570. The van der Waals surface area contributed by atoms with Crippen LogP contribution in [-0.4, -0.2) is 13.3 Å². The number of rotatable bonds is 2. The maximum Gasteiger partial charge on any atom is 0.0506 e. The summed E-state index contributed by atoms with van der Waals surface area (Å²) < 4.78 is 0.750. The van der Waals surface area contributed by atoms with E-state index in [2.05, 4.69) is 27.5 Å². The van der Waals surface area contributed by atoms with Gasteiger partial charge in [0.15, 0.2) is 0 Å². The lowest BCUT2D eigenvalue weighted by atomic mass is 10.4. The molecule has 2 nitrogen and oxygen atoms in total. The van der Waals surface area contributed by atoms with Crippen molar-refractivity contribution in [3.8, 4) is 0 Å². The summed E-state index contributed by atoms with van der Waals surface area (Å²) in [6, 6.07) is 0. The highest BCUT2D eigenvalue weighted by atomic mass is 79.9. The minimum atomic E-state index is 0.597. The second kappa shape index (κ2) is 4.32. The van der Waals surface area contributed by atoms with Crippen molar-refractivity contribution in [3.63, 3.8) is 0 Å². The first-order valence-corrected chi connectivity index (χ1v) is 3.20. The van der Waals surface area contributed by atoms with Gasteiger partial charge < -0.3 is 5.73 Å². The Balaban J connectivity index is 4.00. The molecule has 3 heteroatoms. The van der Waals surface area contributed by atoms with Crippen LogP contribution >= 0.6 is 15.9 Å². The number of hydrogen-bond donors (Lipinski definition) is 1. The van der Waals surface area contributed by atoms with E-state index in [9.17, 15) is 0 Å². The smallest absolute Gasteiger partial charge is 0.0506 e. The van der Waals surface area contributed by atoms with Crippen molar-refractivity contribution >= 4 is 22.1 Å². The van der Waals surface area contributed by atoms with E-state index in [4.69, 9.17) is 5.73 Å². The van der Waals surface area contributed by atoms with Gasteiger partial charge in [-0.15, -0.1) is 0 Å². The number of allylic oxidation sites excluding steroid dienone is 3. The molecular weight excluding hydrogens is 180 g/mol. The first-order chi connectivity index (χ1) is 4.16. The summed E-state index contributed by atoms with van der Waals surface area (Å²) in [6.45, 7) is 3.58. The van der Waals surface area contributed by atoms with Crippen LogP contribution in [0.2, 0.25) is 0 Å². The SMILES string of the molecule is C=C(Br)/C=C(/N)C=NC. The van der Waals surface area contributed by atoms with Gasteiger partial charge in [-0.25, -0.2) is 0 Å². The monoisotopic (exact) mass is 188 g/mol. The Morgan fingerprint density at radius 3 is 2.67 bits per heavy atom. The van der Waals surface area contributed by atoms with Crippen LogP contribution in [0.15, 0.2) is 27.8 Å². The molecule has 0 heterocycles. The second-order valence-electron chi connectivity index (χ2n) is 1.48. The van der Waals surface area contributed by atoms with Crippen LogP contribution in [0.5, 0.6) is 0 Å². The summed E-state index contributed by atoms with van der Waals surface area (Å²) >= 11 is 3.13. The van der Waals surface area contributed by atoms with E-state index in [-0.39, 0.29) is 0 Å². The summed E-state index contributed by atoms with van der Waals surface area (Å²) in [4.78, 5) is 3.71. The largest absolute Gasteiger partial charge is 0.397 e. The number of nitrogens with zero attached hydrogens (tertiary/aromatic N) is 1. The summed E-state index contributed by atoms with van der Waals surface area (Å²) in [5, 5.41) is 0. The topological polar surface area (TPSA) is 38.4 Å². The molecule has 0 saturated heterocycles. The average molecular weight is 189 g/mol. The van der Waals surface area contributed by atoms with Crippen molar-refractivity contribution in [1.82, 2.24) is 0 Å². The first kappa shape index (κ1) is 8.43. The molecule has 0 fully saturated rings. The predicted octanol–water partition coefficient (Wildman–Crippen LogP) is 1.44. The molecule has 2 N–H and O–H groups in total. The molecule has 0 radical (unpaired) electrons. The predicted molar refractivity (Wildman–Crippen MR) is 44.8 cm³/mol. The van der Waals surface area contributed by atoms with Crippen molar-refractivity contribution in [1.29, 1.82) is 0 Å². The molecule has 0 aromatic heterocycles. The van der Waals surface area contributed by atoms with Crippen LogP contribution in [0.1, 0.15) is 0 Å². The van der Waals surface area contributed by atoms with Gasteiger partial charge in [-0.2, -0.15) is 0 Å². The van der Waals surface area contributed by atoms with Crippen molar-refractivity contribution in [2.24, 2.45) is 10.7 Å². The van der Waals surface area contributed by atoms with Crippen LogP contribution in [0.4, 0.5) is 0 Å². The van der Waals surface area contributed by atoms with Gasteiger partial charge in [0, 0.05) is 17.7 Å². The van der Waals surface area contributed by atoms with E-state index >= 15 is 0 Å². The Bertz CT molecular complexity index is 158. The van der Waals surface area contributed by atoms with Gasteiger partial charge in [0.05, 0.1) is 5.70 Å². The molecule has 0 aliphatic rings. The van der Waals surface area contributed by atoms with E-state index < -0.39 is 0 Å². The minimum absolute atomic E-state index is 0.597. The Morgan fingerprint density at radius 1 is 1.78 bits per heavy atom. The molecular formula is C6H9BrN2. The quantitative estimate of drug-likeness (QED) is 0.518. The van der Waals surface area contributed by atoms with Gasteiger partial charge in [-0.3, -0.25) is 4.99 Å². The van der Waals surface area contributed by atoms with Crippen LogP contribution in [0.25, 0.3) is 0 Å². The number of nitrogens with two attached hydrogens (primary N) is 1. The lowest BCUT2D eigenvalue weighted by Gasteiger charge is -1.87. The Morgan fingerprint density at radius 2 is 2.33 bits per heavy atom. The normalized spacial score (nSPS) is 12.4. The molecule has 0 saturated carbocycles. The highest BCUT2D eigenvalue weighted by Crippen LogP contribution is 2.02. The molecule has 0 rings (SSSR count). The van der Waals surface area contributed by atoms with Crippen molar-refractivity contribution in [2.45, 2.75) is 0 Å². The minimum Gasteiger partial charge on any atom is -0.397 e. The summed E-state index contributed by atoms with van der Waals surface area (Å²) in [6.07, 6.45) is 3.25.